The minimum atomic E-state index is -4.89. The Kier molecular flexibility index (Phi) is 7.49. The molecule has 3 heterocycles. The lowest BCUT2D eigenvalue weighted by Gasteiger charge is -2.33. The number of benzene rings is 1. The van der Waals surface area contributed by atoms with Gasteiger partial charge in [-0.3, -0.25) is 4.98 Å². The van der Waals surface area contributed by atoms with Crippen LogP contribution in [0.2, 0.25) is 0 Å². The minimum Gasteiger partial charge on any atom is -0.454 e. The number of nitrogens with zero attached hydrogens (tertiary/aromatic N) is 3. The normalized spacial score (nSPS) is 14.3. The standard InChI is InChI=1S/C23H21F4N5O2S/c24-19-4-3-18(34-23(25,26)27)12-20(19)33-17-5-9-29-21(13-17)32-10-6-15(7-11-32)30-22(35)31-16-2-1-8-28-14-16/h1-5,8-9,12-15H,6-7,10-11H2,(H2,30,31,35). The molecule has 0 radical (unpaired) electrons. The monoisotopic (exact) mass is 507 g/mol. The molecule has 1 aliphatic heterocycles. The summed E-state index contributed by atoms with van der Waals surface area (Å²) in [7, 11) is 0. The minimum absolute atomic E-state index is 0.174. The summed E-state index contributed by atoms with van der Waals surface area (Å²) in [5, 5.41) is 6.91. The van der Waals surface area contributed by atoms with Crippen molar-refractivity contribution >= 4 is 28.8 Å². The summed E-state index contributed by atoms with van der Waals surface area (Å²) in [6, 6.07) is 9.55. The van der Waals surface area contributed by atoms with Gasteiger partial charge < -0.3 is 25.0 Å². The second-order valence-electron chi connectivity index (χ2n) is 7.69. The van der Waals surface area contributed by atoms with Crippen molar-refractivity contribution in [2.45, 2.75) is 25.2 Å². The summed E-state index contributed by atoms with van der Waals surface area (Å²) >= 11 is 5.37. The van der Waals surface area contributed by atoms with Gasteiger partial charge in [0.1, 0.15) is 17.3 Å². The predicted molar refractivity (Wildman–Crippen MR) is 126 cm³/mol. The molecular weight excluding hydrogens is 486 g/mol. The van der Waals surface area contributed by atoms with E-state index in [-0.39, 0.29) is 17.5 Å². The molecule has 2 N–H and O–H groups in total. The molecule has 2 aromatic heterocycles. The molecule has 184 valence electrons. The number of thiocarbonyl (C=S) groups is 1. The van der Waals surface area contributed by atoms with Crippen molar-refractivity contribution in [3.8, 4) is 17.2 Å². The zero-order chi connectivity index (χ0) is 24.8. The Balaban J connectivity index is 1.34. The van der Waals surface area contributed by atoms with Gasteiger partial charge in [0.05, 0.1) is 11.9 Å². The molecule has 7 nitrogen and oxygen atoms in total. The van der Waals surface area contributed by atoms with Crippen LogP contribution in [0.1, 0.15) is 12.8 Å². The molecule has 0 aliphatic carbocycles. The van der Waals surface area contributed by atoms with E-state index in [1.165, 1.54) is 12.3 Å². The van der Waals surface area contributed by atoms with Gasteiger partial charge in [0.2, 0.25) is 0 Å². The van der Waals surface area contributed by atoms with E-state index in [4.69, 9.17) is 17.0 Å². The molecule has 0 atom stereocenters. The second-order valence-corrected chi connectivity index (χ2v) is 8.10. The van der Waals surface area contributed by atoms with E-state index >= 15 is 0 Å². The molecule has 4 rings (SSSR count). The van der Waals surface area contributed by atoms with E-state index in [1.807, 2.05) is 17.0 Å². The first kappa shape index (κ1) is 24.5. The Morgan fingerprint density at radius 2 is 1.86 bits per heavy atom. The number of hydrogen-bond acceptors (Lipinski definition) is 6. The lowest BCUT2D eigenvalue weighted by molar-refractivity contribution is -0.274. The molecular formula is C23H21F4N5O2S. The van der Waals surface area contributed by atoms with Crippen LogP contribution in [0.25, 0.3) is 0 Å². The summed E-state index contributed by atoms with van der Waals surface area (Å²) in [6.07, 6.45) is 1.57. The number of aromatic nitrogens is 2. The lowest BCUT2D eigenvalue weighted by atomic mass is 10.1. The van der Waals surface area contributed by atoms with Crippen LogP contribution >= 0.6 is 12.2 Å². The van der Waals surface area contributed by atoms with Gasteiger partial charge in [-0.2, -0.15) is 0 Å². The van der Waals surface area contributed by atoms with Gasteiger partial charge in [0.25, 0.3) is 0 Å². The number of halogens is 4. The van der Waals surface area contributed by atoms with Gasteiger partial charge in [-0.05, 0) is 55.4 Å². The number of rotatable bonds is 6. The van der Waals surface area contributed by atoms with Crippen LogP contribution in [-0.2, 0) is 0 Å². The Bertz CT molecular complexity index is 1160. The van der Waals surface area contributed by atoms with Crippen molar-refractivity contribution in [2.75, 3.05) is 23.3 Å². The molecule has 0 unspecified atom stereocenters. The highest BCUT2D eigenvalue weighted by Crippen LogP contribution is 2.32. The van der Waals surface area contributed by atoms with Crippen molar-refractivity contribution in [1.82, 2.24) is 15.3 Å². The number of pyridine rings is 2. The van der Waals surface area contributed by atoms with Crippen LogP contribution in [0, 0.1) is 5.82 Å². The van der Waals surface area contributed by atoms with E-state index in [1.54, 1.807) is 18.5 Å². The Hall–Kier alpha value is -3.67. The first-order chi connectivity index (χ1) is 16.7. The van der Waals surface area contributed by atoms with Crippen molar-refractivity contribution in [1.29, 1.82) is 0 Å². The predicted octanol–water partition coefficient (Wildman–Crippen LogP) is 5.26. The highest BCUT2D eigenvalue weighted by molar-refractivity contribution is 7.80. The van der Waals surface area contributed by atoms with Gasteiger partial charge in [0.15, 0.2) is 16.7 Å². The summed E-state index contributed by atoms with van der Waals surface area (Å²) in [4.78, 5) is 10.4. The maximum atomic E-state index is 14.1. The van der Waals surface area contributed by atoms with Crippen LogP contribution in [0.4, 0.5) is 29.1 Å². The average Bonchev–Trinajstić information content (AvgIpc) is 2.81. The van der Waals surface area contributed by atoms with Crippen LogP contribution in [-0.4, -0.2) is 40.6 Å². The third-order valence-electron chi connectivity index (χ3n) is 5.15. The summed E-state index contributed by atoms with van der Waals surface area (Å²) in [5.74, 6) is -0.934. The molecule has 3 aromatic rings. The molecule has 0 spiro atoms. The quantitative estimate of drug-likeness (QED) is 0.346. The van der Waals surface area contributed by atoms with Crippen LogP contribution in [0.15, 0.2) is 61.1 Å². The second kappa shape index (κ2) is 10.7. The number of piperidine rings is 1. The zero-order valence-corrected chi connectivity index (χ0v) is 19.1. The van der Waals surface area contributed by atoms with Crippen molar-refractivity contribution < 1.29 is 27.0 Å². The fourth-order valence-electron chi connectivity index (χ4n) is 3.56. The van der Waals surface area contributed by atoms with E-state index in [2.05, 4.69) is 25.3 Å². The van der Waals surface area contributed by atoms with Crippen molar-refractivity contribution in [2.24, 2.45) is 0 Å². The number of ether oxygens (including phenoxy) is 2. The van der Waals surface area contributed by atoms with E-state index in [0.717, 1.165) is 36.7 Å². The fraction of sp³-hybridized carbons (Fsp3) is 0.261. The Morgan fingerprint density at radius 3 is 2.57 bits per heavy atom. The molecule has 1 aromatic carbocycles. The van der Waals surface area contributed by atoms with E-state index in [0.29, 0.717) is 24.0 Å². The summed E-state index contributed by atoms with van der Waals surface area (Å²) in [5.41, 5.74) is 0.801. The molecule has 12 heteroatoms. The highest BCUT2D eigenvalue weighted by Gasteiger charge is 2.31. The first-order valence-corrected chi connectivity index (χ1v) is 11.1. The van der Waals surface area contributed by atoms with E-state index in [9.17, 15) is 17.6 Å². The smallest absolute Gasteiger partial charge is 0.454 e. The maximum absolute atomic E-state index is 14.1. The van der Waals surface area contributed by atoms with Gasteiger partial charge in [-0.1, -0.05) is 0 Å². The molecule has 1 saturated heterocycles. The topological polar surface area (TPSA) is 71.5 Å². The molecule has 0 bridgehead atoms. The zero-order valence-electron chi connectivity index (χ0n) is 18.3. The number of anilines is 2. The molecule has 1 fully saturated rings. The van der Waals surface area contributed by atoms with Crippen LogP contribution in [0.5, 0.6) is 17.2 Å². The third-order valence-corrected chi connectivity index (χ3v) is 5.37. The van der Waals surface area contributed by atoms with Gasteiger partial charge in [0, 0.05) is 43.7 Å². The SMILES string of the molecule is Fc1ccc(OC(F)(F)F)cc1Oc1ccnc(N2CCC(NC(=S)Nc3cccnc3)CC2)c1. The summed E-state index contributed by atoms with van der Waals surface area (Å²) < 4.78 is 60.8. The Morgan fingerprint density at radius 1 is 1.06 bits per heavy atom. The summed E-state index contributed by atoms with van der Waals surface area (Å²) in [6.45, 7) is 1.37. The molecule has 0 amide bonds. The van der Waals surface area contributed by atoms with Crippen molar-refractivity contribution in [3.63, 3.8) is 0 Å². The third kappa shape index (κ3) is 7.15. The Labute approximate surface area is 204 Å². The van der Waals surface area contributed by atoms with Crippen molar-refractivity contribution in [3.05, 3.63) is 66.9 Å². The largest absolute Gasteiger partial charge is 0.573 e. The van der Waals surface area contributed by atoms with Gasteiger partial charge >= 0.3 is 6.36 Å². The molecule has 0 saturated carbocycles. The van der Waals surface area contributed by atoms with Gasteiger partial charge in [-0.25, -0.2) is 9.37 Å². The first-order valence-electron chi connectivity index (χ1n) is 10.7. The molecule has 35 heavy (non-hydrogen) atoms. The van der Waals surface area contributed by atoms with Gasteiger partial charge in [-0.15, -0.1) is 13.2 Å². The average molecular weight is 508 g/mol. The van der Waals surface area contributed by atoms with Crippen LogP contribution < -0.4 is 25.0 Å². The van der Waals surface area contributed by atoms with Crippen LogP contribution in [0.3, 0.4) is 0 Å². The molecule has 1 aliphatic rings. The maximum Gasteiger partial charge on any atom is 0.573 e. The lowest BCUT2D eigenvalue weighted by Crippen LogP contribution is -2.46. The van der Waals surface area contributed by atoms with E-state index < -0.39 is 17.9 Å². The highest BCUT2D eigenvalue weighted by atomic mass is 32.1. The number of alkyl halides is 3. The fourth-order valence-corrected chi connectivity index (χ4v) is 3.85. The number of nitrogens with one attached hydrogen (secondary N) is 2. The number of hydrogen-bond donors (Lipinski definition) is 2.